The Morgan fingerprint density at radius 1 is 1.08 bits per heavy atom. The Bertz CT molecular complexity index is 669. The van der Waals surface area contributed by atoms with Gasteiger partial charge in [-0.05, 0) is 54.5 Å². The maximum absolute atomic E-state index is 12.8. The molecular weight excluding hydrogens is 362 g/mol. The predicted octanol–water partition coefficient (Wildman–Crippen LogP) is 1.77. The van der Waals surface area contributed by atoms with E-state index in [2.05, 4.69) is 11.9 Å². The lowest BCUT2D eigenvalue weighted by Crippen LogP contribution is -2.59. The van der Waals surface area contributed by atoms with E-state index in [1.54, 1.807) is 20.8 Å². The second-order valence-electron chi connectivity index (χ2n) is 8.44. The molecule has 0 aromatic carbocycles. The first kappa shape index (κ1) is 24.4. The van der Waals surface area contributed by atoms with E-state index in [0.717, 1.165) is 19.9 Å². The Balaban J connectivity index is 5.76. The molecule has 8 nitrogen and oxygen atoms in total. The van der Waals surface area contributed by atoms with Gasteiger partial charge in [-0.25, -0.2) is 4.21 Å². The molecule has 152 valence electrons. The van der Waals surface area contributed by atoms with E-state index in [-0.39, 0.29) is 0 Å². The van der Waals surface area contributed by atoms with Crippen LogP contribution in [0, 0.1) is 5.41 Å². The van der Waals surface area contributed by atoms with Gasteiger partial charge in [0.2, 0.25) is 5.91 Å². The van der Waals surface area contributed by atoms with Gasteiger partial charge in [0.05, 0.1) is 21.1 Å². The van der Waals surface area contributed by atoms with Crippen LogP contribution in [-0.2, 0) is 28.7 Å². The van der Waals surface area contributed by atoms with Crippen LogP contribution in [0.1, 0.15) is 48.5 Å². The lowest BCUT2D eigenvalue weighted by Gasteiger charge is -2.42. The molecule has 26 heavy (non-hydrogen) atoms. The Morgan fingerprint density at radius 3 is 1.88 bits per heavy atom. The highest BCUT2D eigenvalue weighted by molar-refractivity contribution is 8.10. The third kappa shape index (κ3) is 7.76. The molecule has 0 aliphatic heterocycles. The second kappa shape index (κ2) is 7.21. The van der Waals surface area contributed by atoms with Crippen molar-refractivity contribution in [3.63, 3.8) is 0 Å². The lowest BCUT2D eigenvalue weighted by atomic mass is 9.88. The molecule has 0 aliphatic carbocycles. The van der Waals surface area contributed by atoms with Crippen LogP contribution in [0.25, 0.3) is 0 Å². The number of esters is 1. The average molecular weight is 394 g/mol. The number of ether oxygens (including phenoxy) is 1. The summed E-state index contributed by atoms with van der Waals surface area (Å²) >= 11 is 0. The lowest BCUT2D eigenvalue weighted by molar-refractivity contribution is -0.167. The van der Waals surface area contributed by atoms with Crippen molar-refractivity contribution in [3.05, 3.63) is 12.7 Å². The van der Waals surface area contributed by atoms with Gasteiger partial charge in [-0.15, -0.1) is 0 Å². The molecule has 0 aliphatic rings. The molecule has 0 heterocycles. The number of ketones is 1. The van der Waals surface area contributed by atoms with Gasteiger partial charge in [0.15, 0.2) is 0 Å². The number of carbonyl (C=O) groups excluding carboxylic acids is 3. The van der Waals surface area contributed by atoms with Crippen molar-refractivity contribution in [1.29, 1.82) is 0 Å². The van der Waals surface area contributed by atoms with Crippen LogP contribution in [0.2, 0.25) is 0 Å². The molecule has 9 heteroatoms. The number of hydrogen-bond acceptors (Lipinski definition) is 5. The number of Topliss-reactive ketones (excluding diaryl/α,β-unsaturated/α-hetero) is 1. The molecule has 1 amide bonds. The summed E-state index contributed by atoms with van der Waals surface area (Å²) in [7, 11) is -5.48. The van der Waals surface area contributed by atoms with E-state index in [1.165, 1.54) is 13.8 Å². The molecule has 0 spiro atoms. The highest BCUT2D eigenvalue weighted by atomic mass is 32.3. The van der Waals surface area contributed by atoms with Gasteiger partial charge in [0.1, 0.15) is 16.8 Å². The van der Waals surface area contributed by atoms with Crippen LogP contribution in [0.3, 0.4) is 0 Å². The van der Waals surface area contributed by atoms with Crippen LogP contribution in [0.4, 0.5) is 0 Å². The van der Waals surface area contributed by atoms with Crippen molar-refractivity contribution < 1.29 is 32.4 Å². The van der Waals surface area contributed by atoms with Gasteiger partial charge < -0.3 is 19.2 Å². The first-order valence-electron chi connectivity index (χ1n) is 8.03. The maximum Gasteiger partial charge on any atom is 0.320 e. The molecule has 0 bridgehead atoms. The molecule has 0 saturated carbocycles. The normalized spacial score (nSPS) is 16.6. The highest BCUT2D eigenvalue weighted by Gasteiger charge is 2.51. The summed E-state index contributed by atoms with van der Waals surface area (Å²) in [6.07, 6.45) is 0.980. The third-order valence-corrected chi connectivity index (χ3v) is 5.96. The summed E-state index contributed by atoms with van der Waals surface area (Å²) in [6.45, 7) is 13.1. The number of amides is 1. The van der Waals surface area contributed by atoms with Crippen molar-refractivity contribution in [2.75, 3.05) is 11.5 Å². The summed E-state index contributed by atoms with van der Waals surface area (Å²) in [6, 6.07) is 0. The zero-order chi connectivity index (χ0) is 21.2. The van der Waals surface area contributed by atoms with E-state index in [9.17, 15) is 27.7 Å². The van der Waals surface area contributed by atoms with Crippen LogP contribution < -0.4 is 5.32 Å². The molecule has 0 aromatic rings. The van der Waals surface area contributed by atoms with E-state index in [4.69, 9.17) is 4.74 Å². The largest absolute Gasteiger partial charge is 0.459 e. The molecular formula is C17H31NO7S. The Morgan fingerprint density at radius 2 is 1.54 bits per heavy atom. The summed E-state index contributed by atoms with van der Waals surface area (Å²) in [5, 5.41) is 2.42. The maximum atomic E-state index is 12.8. The molecule has 1 unspecified atom stereocenters. The predicted molar refractivity (Wildman–Crippen MR) is 100 cm³/mol. The molecule has 0 rings (SSSR count). The van der Waals surface area contributed by atoms with Crippen LogP contribution >= 0.6 is 0 Å². The molecule has 0 saturated heterocycles. The molecule has 0 aromatic heterocycles. The molecule has 3 N–H and O–H groups in total. The fourth-order valence-corrected chi connectivity index (χ4v) is 5.58. The first-order valence-corrected chi connectivity index (χ1v) is 10.3. The van der Waals surface area contributed by atoms with Gasteiger partial charge in [0, 0.05) is 5.54 Å². The minimum Gasteiger partial charge on any atom is -0.459 e. The molecule has 1 atom stereocenters. The van der Waals surface area contributed by atoms with Crippen molar-refractivity contribution in [2.45, 2.75) is 59.6 Å². The van der Waals surface area contributed by atoms with Gasteiger partial charge in [0.25, 0.3) is 0 Å². The van der Waals surface area contributed by atoms with Gasteiger partial charge in [-0.1, -0.05) is 6.58 Å². The zero-order valence-corrected chi connectivity index (χ0v) is 17.4. The van der Waals surface area contributed by atoms with Crippen molar-refractivity contribution >= 4 is 27.3 Å². The minimum atomic E-state index is -5.48. The topological polar surface area (TPSA) is 130 Å². The summed E-state index contributed by atoms with van der Waals surface area (Å²) in [5.41, 5.74) is -4.25. The van der Waals surface area contributed by atoms with Crippen molar-refractivity contribution in [2.24, 2.45) is 5.41 Å². The second-order valence-corrected chi connectivity index (χ2v) is 11.4. The Hall–Kier alpha value is -1.58. The van der Waals surface area contributed by atoms with Crippen LogP contribution in [0.5, 0.6) is 0 Å². The van der Waals surface area contributed by atoms with Gasteiger partial charge >= 0.3 is 5.97 Å². The fraction of sp³-hybridized carbons (Fsp3) is 0.706. The van der Waals surface area contributed by atoms with Gasteiger partial charge in [-0.2, -0.15) is 0 Å². The first-order chi connectivity index (χ1) is 11.2. The van der Waals surface area contributed by atoms with Crippen molar-refractivity contribution in [3.8, 4) is 0 Å². The average Bonchev–Trinajstić information content (AvgIpc) is 2.32. The molecule has 0 radical (unpaired) electrons. The zero-order valence-electron chi connectivity index (χ0n) is 16.5. The van der Waals surface area contributed by atoms with E-state index < -0.39 is 55.3 Å². The Kier molecular flexibility index (Phi) is 6.77. The number of rotatable bonds is 8. The molecule has 0 fully saturated rings. The van der Waals surface area contributed by atoms with E-state index in [1.807, 2.05) is 0 Å². The van der Waals surface area contributed by atoms with Crippen LogP contribution in [-0.4, -0.2) is 53.6 Å². The number of carbonyl (C=O) groups is 3. The van der Waals surface area contributed by atoms with E-state index in [0.29, 0.717) is 0 Å². The standard InChI is InChI=1S/C17H31NO7S/c1-9-13(20)18-16(6,7)10-26(22,23,24)11-17(8,12(2)19)14(21)25-15(3,4)5/h9H,1,10-11H2,2-8H3,(H,18,20)(H2,22,23,24). The number of hydrogen-bond donors (Lipinski definition) is 3. The fourth-order valence-electron chi connectivity index (χ4n) is 2.47. The SMILES string of the molecule is C=CC(=O)NC(C)(C)CS(=O)(O)(O)CC(C)(C(C)=O)C(=O)OC(C)(C)C. The smallest absolute Gasteiger partial charge is 0.320 e. The summed E-state index contributed by atoms with van der Waals surface area (Å²) in [5.74, 6) is -4.15. The third-order valence-electron chi connectivity index (χ3n) is 3.50. The monoisotopic (exact) mass is 393 g/mol. The van der Waals surface area contributed by atoms with Crippen LogP contribution in [0.15, 0.2) is 12.7 Å². The minimum absolute atomic E-state index is 0.598. The summed E-state index contributed by atoms with van der Waals surface area (Å²) < 4.78 is 38.8. The van der Waals surface area contributed by atoms with Crippen molar-refractivity contribution in [1.82, 2.24) is 5.32 Å². The van der Waals surface area contributed by atoms with E-state index >= 15 is 0 Å². The highest BCUT2D eigenvalue weighted by Crippen LogP contribution is 2.34. The Labute approximate surface area is 154 Å². The quantitative estimate of drug-likeness (QED) is 0.325. The summed E-state index contributed by atoms with van der Waals surface area (Å²) in [4.78, 5) is 36.0. The van der Waals surface area contributed by atoms with Gasteiger partial charge in [-0.3, -0.25) is 14.4 Å². The number of nitrogens with one attached hydrogen (secondary N) is 1.